The molecule has 0 spiro atoms. The lowest BCUT2D eigenvalue weighted by Gasteiger charge is -2.27. The fraction of sp³-hybridized carbons (Fsp3) is 0.429. The highest BCUT2D eigenvalue weighted by Crippen LogP contribution is 2.39. The number of benzene rings is 2. The molecule has 35 heavy (non-hydrogen) atoms. The quantitative estimate of drug-likeness (QED) is 0.239. The molecule has 1 aliphatic heterocycles. The Kier molecular flexibility index (Phi) is 9.55. The van der Waals surface area contributed by atoms with Gasteiger partial charge < -0.3 is 14.9 Å². The van der Waals surface area contributed by atoms with E-state index < -0.39 is 29.4 Å². The fourth-order valence-corrected chi connectivity index (χ4v) is 4.43. The second-order valence-corrected chi connectivity index (χ2v) is 8.95. The lowest BCUT2D eigenvalue weighted by Crippen LogP contribution is -2.34. The third-order valence-corrected chi connectivity index (χ3v) is 6.37. The monoisotopic (exact) mass is 484 g/mol. The maximum atomic E-state index is 13.6. The molecule has 7 heteroatoms. The Labute approximate surface area is 206 Å². The molecule has 2 aromatic rings. The number of Topliss-reactive ketones (excluding diaryl/α,β-unsaturated/α-hetero) is 1. The molecule has 1 saturated heterocycles. The molecule has 0 saturated carbocycles. The number of aliphatic hydroxyl groups is 1. The zero-order valence-corrected chi connectivity index (χ0v) is 20.5. The molecule has 0 aromatic heterocycles. The number of unbranched alkanes of at least 4 members (excludes halogenated alkanes) is 2. The van der Waals surface area contributed by atoms with Gasteiger partial charge in [0.1, 0.15) is 17.4 Å². The van der Waals surface area contributed by atoms with Crippen molar-refractivity contribution >= 4 is 17.4 Å². The SMILES string of the molecule is CCCCN(CCCC)CCCN1C(=O)C(=O)/C(=C(\O)c2ccc(F)cc2)C1c1ccc(F)cc1. The Bertz CT molecular complexity index is 1030. The number of amides is 1. The lowest BCUT2D eigenvalue weighted by atomic mass is 9.95. The summed E-state index contributed by atoms with van der Waals surface area (Å²) in [7, 11) is 0. The normalized spacial score (nSPS) is 17.5. The highest BCUT2D eigenvalue weighted by molar-refractivity contribution is 6.46. The molecular weight excluding hydrogens is 450 g/mol. The molecule has 1 unspecified atom stereocenters. The van der Waals surface area contributed by atoms with Gasteiger partial charge in [-0.1, -0.05) is 38.8 Å². The first kappa shape index (κ1) is 26.5. The van der Waals surface area contributed by atoms with Crippen LogP contribution < -0.4 is 0 Å². The number of nitrogens with zero attached hydrogens (tertiary/aromatic N) is 2. The minimum Gasteiger partial charge on any atom is -0.507 e. The molecule has 5 nitrogen and oxygen atoms in total. The molecule has 1 atom stereocenters. The third kappa shape index (κ3) is 6.54. The number of carbonyl (C=O) groups is 2. The minimum absolute atomic E-state index is 0.0676. The standard InChI is InChI=1S/C28H34F2N2O3/c1-3-5-16-31(17-6-4-2)18-7-19-32-25(20-8-12-22(29)13-9-20)24(27(34)28(32)35)26(33)21-10-14-23(30)15-11-21/h8-15,25,33H,3-7,16-19H2,1-2H3/b26-24-. The van der Waals surface area contributed by atoms with E-state index in [1.807, 2.05) is 0 Å². The van der Waals surface area contributed by atoms with Crippen LogP contribution in [0.15, 0.2) is 54.1 Å². The molecule has 1 heterocycles. The van der Waals surface area contributed by atoms with Gasteiger partial charge in [0.25, 0.3) is 11.7 Å². The molecular formula is C28H34F2N2O3. The Balaban J connectivity index is 1.90. The molecule has 1 N–H and O–H groups in total. The van der Waals surface area contributed by atoms with E-state index in [1.54, 1.807) is 0 Å². The van der Waals surface area contributed by atoms with Crippen LogP contribution in [0.1, 0.15) is 63.1 Å². The van der Waals surface area contributed by atoms with Crippen molar-refractivity contribution in [3.63, 3.8) is 0 Å². The predicted octanol–water partition coefficient (Wildman–Crippen LogP) is 5.68. The summed E-state index contributed by atoms with van der Waals surface area (Å²) >= 11 is 0. The van der Waals surface area contributed by atoms with Crippen molar-refractivity contribution in [1.82, 2.24) is 9.80 Å². The van der Waals surface area contributed by atoms with Gasteiger partial charge in [0, 0.05) is 12.1 Å². The molecule has 0 radical (unpaired) electrons. The summed E-state index contributed by atoms with van der Waals surface area (Å²) in [6.07, 6.45) is 5.06. The van der Waals surface area contributed by atoms with Crippen LogP contribution in [0.3, 0.4) is 0 Å². The molecule has 3 rings (SSSR count). The van der Waals surface area contributed by atoms with E-state index >= 15 is 0 Å². The number of hydrogen-bond donors (Lipinski definition) is 1. The number of carbonyl (C=O) groups excluding carboxylic acids is 2. The van der Waals surface area contributed by atoms with E-state index in [2.05, 4.69) is 18.7 Å². The maximum Gasteiger partial charge on any atom is 0.295 e. The molecule has 1 amide bonds. The number of likely N-dealkylation sites (tertiary alicyclic amines) is 1. The van der Waals surface area contributed by atoms with Gasteiger partial charge in [-0.2, -0.15) is 0 Å². The van der Waals surface area contributed by atoms with E-state index in [0.29, 0.717) is 18.5 Å². The van der Waals surface area contributed by atoms with E-state index in [9.17, 15) is 23.5 Å². The van der Waals surface area contributed by atoms with Crippen molar-refractivity contribution in [2.45, 2.75) is 52.0 Å². The van der Waals surface area contributed by atoms with Crippen LogP contribution in [0, 0.1) is 11.6 Å². The van der Waals surface area contributed by atoms with Gasteiger partial charge in [-0.3, -0.25) is 9.59 Å². The van der Waals surface area contributed by atoms with Gasteiger partial charge in [0.2, 0.25) is 0 Å². The lowest BCUT2D eigenvalue weighted by molar-refractivity contribution is -0.140. The van der Waals surface area contributed by atoms with Crippen LogP contribution in [0.2, 0.25) is 0 Å². The van der Waals surface area contributed by atoms with Crippen LogP contribution in [-0.4, -0.2) is 52.8 Å². The second-order valence-electron chi connectivity index (χ2n) is 8.95. The summed E-state index contributed by atoms with van der Waals surface area (Å²) in [6.45, 7) is 7.39. The van der Waals surface area contributed by atoms with Gasteiger partial charge >= 0.3 is 0 Å². The highest BCUT2D eigenvalue weighted by atomic mass is 19.1. The summed E-state index contributed by atoms with van der Waals surface area (Å²) < 4.78 is 27.0. The first-order valence-electron chi connectivity index (χ1n) is 12.4. The zero-order chi connectivity index (χ0) is 25.4. The topological polar surface area (TPSA) is 60.9 Å². The summed E-state index contributed by atoms with van der Waals surface area (Å²) in [5.74, 6) is -2.78. The number of hydrogen-bond acceptors (Lipinski definition) is 4. The van der Waals surface area contributed by atoms with Crippen molar-refractivity contribution in [1.29, 1.82) is 0 Å². The summed E-state index contributed by atoms with van der Waals surface area (Å²) in [5, 5.41) is 11.0. The van der Waals surface area contributed by atoms with Crippen molar-refractivity contribution in [2.24, 2.45) is 0 Å². The Morgan fingerprint density at radius 1 is 0.857 bits per heavy atom. The number of halogens is 2. The summed E-state index contributed by atoms with van der Waals surface area (Å²) in [6, 6.07) is 9.81. The number of rotatable bonds is 12. The van der Waals surface area contributed by atoms with E-state index in [4.69, 9.17) is 0 Å². The maximum absolute atomic E-state index is 13.6. The van der Waals surface area contributed by atoms with Crippen LogP contribution >= 0.6 is 0 Å². The first-order chi connectivity index (χ1) is 16.9. The van der Waals surface area contributed by atoms with Crippen LogP contribution in [0.5, 0.6) is 0 Å². The van der Waals surface area contributed by atoms with Crippen LogP contribution in [0.25, 0.3) is 5.76 Å². The summed E-state index contributed by atoms with van der Waals surface area (Å²) in [4.78, 5) is 30.0. The second kappa shape index (κ2) is 12.6. The number of ketones is 1. The average Bonchev–Trinajstić information content (AvgIpc) is 3.10. The highest BCUT2D eigenvalue weighted by Gasteiger charge is 2.45. The van der Waals surface area contributed by atoms with Crippen molar-refractivity contribution in [2.75, 3.05) is 26.2 Å². The van der Waals surface area contributed by atoms with Crippen LogP contribution in [0.4, 0.5) is 8.78 Å². The fourth-order valence-electron chi connectivity index (χ4n) is 4.43. The molecule has 0 bridgehead atoms. The van der Waals surface area contributed by atoms with Gasteiger partial charge in [-0.05, 0) is 80.9 Å². The third-order valence-electron chi connectivity index (χ3n) is 6.37. The Hall–Kier alpha value is -3.06. The molecule has 1 fully saturated rings. The van der Waals surface area contributed by atoms with Gasteiger partial charge in [0.05, 0.1) is 11.6 Å². The zero-order valence-electron chi connectivity index (χ0n) is 20.5. The van der Waals surface area contributed by atoms with E-state index in [1.165, 1.54) is 53.4 Å². The molecule has 1 aliphatic rings. The van der Waals surface area contributed by atoms with Crippen molar-refractivity contribution in [3.05, 3.63) is 76.9 Å². The average molecular weight is 485 g/mol. The van der Waals surface area contributed by atoms with E-state index in [-0.39, 0.29) is 16.9 Å². The number of aliphatic hydroxyl groups excluding tert-OH is 1. The van der Waals surface area contributed by atoms with Gasteiger partial charge in [-0.25, -0.2) is 8.78 Å². The largest absolute Gasteiger partial charge is 0.507 e. The first-order valence-corrected chi connectivity index (χ1v) is 12.4. The molecule has 2 aromatic carbocycles. The van der Waals surface area contributed by atoms with Gasteiger partial charge in [-0.15, -0.1) is 0 Å². The van der Waals surface area contributed by atoms with Crippen molar-refractivity contribution in [3.8, 4) is 0 Å². The van der Waals surface area contributed by atoms with Gasteiger partial charge in [0.15, 0.2) is 0 Å². The Morgan fingerprint density at radius 3 is 1.91 bits per heavy atom. The smallest absolute Gasteiger partial charge is 0.295 e. The predicted molar refractivity (Wildman–Crippen MR) is 133 cm³/mol. The van der Waals surface area contributed by atoms with Crippen molar-refractivity contribution < 1.29 is 23.5 Å². The minimum atomic E-state index is -0.847. The Morgan fingerprint density at radius 2 is 1.37 bits per heavy atom. The van der Waals surface area contributed by atoms with Crippen LogP contribution in [-0.2, 0) is 9.59 Å². The van der Waals surface area contributed by atoms with E-state index in [0.717, 1.165) is 45.3 Å². The molecule has 0 aliphatic carbocycles. The summed E-state index contributed by atoms with van der Waals surface area (Å²) in [5.41, 5.74) is 0.701. The molecule has 188 valence electrons.